The molecule has 5 heteroatoms. The monoisotopic (exact) mass is 288 g/mol. The van der Waals surface area contributed by atoms with E-state index in [1.165, 1.54) is 12.5 Å². The molecule has 1 amide bonds. The van der Waals surface area contributed by atoms with Gasteiger partial charge in [0.2, 0.25) is 5.91 Å². The van der Waals surface area contributed by atoms with Crippen molar-refractivity contribution in [1.82, 2.24) is 10.3 Å². The summed E-state index contributed by atoms with van der Waals surface area (Å²) in [6.07, 6.45) is 2.28. The number of aromatic amines is 1. The highest BCUT2D eigenvalue weighted by Gasteiger charge is 2.22. The van der Waals surface area contributed by atoms with Crippen LogP contribution in [0.4, 0.5) is 0 Å². The first-order valence-corrected chi connectivity index (χ1v) is 7.01. The molecule has 1 heterocycles. The van der Waals surface area contributed by atoms with Gasteiger partial charge < -0.3 is 15.0 Å². The van der Waals surface area contributed by atoms with Gasteiger partial charge in [0.25, 0.3) is 0 Å². The second kappa shape index (κ2) is 6.43. The van der Waals surface area contributed by atoms with Crippen molar-refractivity contribution in [3.05, 3.63) is 35.5 Å². The molecular weight excluding hydrogens is 268 g/mol. The van der Waals surface area contributed by atoms with Crippen LogP contribution in [0.25, 0.3) is 10.9 Å². The number of aryl methyl sites for hydroxylation is 1. The number of ether oxygens (including phenoxy) is 1. The van der Waals surface area contributed by atoms with Gasteiger partial charge in [-0.25, -0.2) is 4.79 Å². The molecule has 5 nitrogen and oxygen atoms in total. The number of fused-ring (bicyclic) bond motifs is 1. The first kappa shape index (κ1) is 15.1. The van der Waals surface area contributed by atoms with Crippen LogP contribution in [-0.2, 0) is 20.7 Å². The van der Waals surface area contributed by atoms with Gasteiger partial charge in [0.05, 0.1) is 6.61 Å². The quantitative estimate of drug-likeness (QED) is 0.828. The van der Waals surface area contributed by atoms with Gasteiger partial charge in [-0.15, -0.1) is 0 Å². The molecule has 0 aliphatic rings. The van der Waals surface area contributed by atoms with Crippen molar-refractivity contribution >= 4 is 22.8 Å². The Morgan fingerprint density at radius 2 is 2.14 bits per heavy atom. The Labute approximate surface area is 123 Å². The van der Waals surface area contributed by atoms with E-state index in [0.717, 1.165) is 16.5 Å². The molecule has 1 aromatic heterocycles. The fraction of sp³-hybridized carbons (Fsp3) is 0.375. The molecule has 2 rings (SSSR count). The van der Waals surface area contributed by atoms with E-state index in [1.54, 1.807) is 6.92 Å². The SMILES string of the molecule is CCOC(=O)[C@H](Cc1c[nH]c2cc(C)ccc12)NC(C)=O. The fourth-order valence-electron chi connectivity index (χ4n) is 2.37. The van der Waals surface area contributed by atoms with Crippen LogP contribution in [-0.4, -0.2) is 29.5 Å². The molecule has 0 radical (unpaired) electrons. The lowest BCUT2D eigenvalue weighted by Gasteiger charge is -2.16. The number of H-pyrrole nitrogens is 1. The predicted molar refractivity (Wildman–Crippen MR) is 81.0 cm³/mol. The Kier molecular flexibility index (Phi) is 4.62. The third-order valence-corrected chi connectivity index (χ3v) is 3.30. The van der Waals surface area contributed by atoms with Crippen molar-refractivity contribution in [3.8, 4) is 0 Å². The maximum absolute atomic E-state index is 11.9. The Morgan fingerprint density at radius 1 is 1.38 bits per heavy atom. The summed E-state index contributed by atoms with van der Waals surface area (Å²) < 4.78 is 5.02. The molecule has 0 saturated carbocycles. The molecule has 0 spiro atoms. The Balaban J connectivity index is 2.25. The van der Waals surface area contributed by atoms with E-state index < -0.39 is 12.0 Å². The summed E-state index contributed by atoms with van der Waals surface area (Å²) in [7, 11) is 0. The van der Waals surface area contributed by atoms with E-state index in [-0.39, 0.29) is 5.91 Å². The van der Waals surface area contributed by atoms with Gasteiger partial charge in [-0.05, 0) is 31.0 Å². The molecule has 0 bridgehead atoms. The van der Waals surface area contributed by atoms with Crippen molar-refractivity contribution in [2.45, 2.75) is 33.2 Å². The van der Waals surface area contributed by atoms with Gasteiger partial charge in [-0.1, -0.05) is 12.1 Å². The maximum Gasteiger partial charge on any atom is 0.328 e. The molecule has 2 aromatic rings. The third-order valence-electron chi connectivity index (χ3n) is 3.30. The van der Waals surface area contributed by atoms with Crippen molar-refractivity contribution in [1.29, 1.82) is 0 Å². The number of hydrogen-bond acceptors (Lipinski definition) is 3. The molecule has 0 aliphatic carbocycles. The van der Waals surface area contributed by atoms with Gasteiger partial charge in [0.15, 0.2) is 0 Å². The molecule has 0 saturated heterocycles. The van der Waals surface area contributed by atoms with Crippen LogP contribution in [0.3, 0.4) is 0 Å². The van der Waals surface area contributed by atoms with Gasteiger partial charge in [0, 0.05) is 30.4 Å². The molecule has 112 valence electrons. The summed E-state index contributed by atoms with van der Waals surface area (Å²) in [6.45, 7) is 5.46. The van der Waals surface area contributed by atoms with Crippen LogP contribution in [0.15, 0.2) is 24.4 Å². The number of amides is 1. The summed E-state index contributed by atoms with van der Waals surface area (Å²) in [5.74, 6) is -0.655. The average molecular weight is 288 g/mol. The second-order valence-electron chi connectivity index (χ2n) is 5.07. The minimum atomic E-state index is -0.664. The number of benzene rings is 1. The van der Waals surface area contributed by atoms with Crippen LogP contribution in [0.2, 0.25) is 0 Å². The van der Waals surface area contributed by atoms with Crippen LogP contribution in [0.1, 0.15) is 25.0 Å². The minimum Gasteiger partial charge on any atom is -0.464 e. The Hall–Kier alpha value is -2.30. The number of nitrogens with one attached hydrogen (secondary N) is 2. The van der Waals surface area contributed by atoms with Gasteiger partial charge in [-0.2, -0.15) is 0 Å². The van der Waals surface area contributed by atoms with Gasteiger partial charge in [-0.3, -0.25) is 4.79 Å². The summed E-state index contributed by atoms with van der Waals surface area (Å²) in [5.41, 5.74) is 3.17. The number of esters is 1. The first-order valence-electron chi connectivity index (χ1n) is 7.01. The van der Waals surface area contributed by atoms with Crippen LogP contribution < -0.4 is 5.32 Å². The Morgan fingerprint density at radius 3 is 2.81 bits per heavy atom. The Bertz CT molecular complexity index is 661. The largest absolute Gasteiger partial charge is 0.464 e. The van der Waals surface area contributed by atoms with E-state index >= 15 is 0 Å². The van der Waals surface area contributed by atoms with Crippen molar-refractivity contribution < 1.29 is 14.3 Å². The van der Waals surface area contributed by atoms with E-state index in [9.17, 15) is 9.59 Å². The molecule has 0 fully saturated rings. The van der Waals surface area contributed by atoms with Gasteiger partial charge >= 0.3 is 5.97 Å². The zero-order valence-electron chi connectivity index (χ0n) is 12.5. The standard InChI is InChI=1S/C16H20N2O3/c1-4-21-16(20)15(18-11(3)19)8-12-9-17-14-7-10(2)5-6-13(12)14/h5-7,9,15,17H,4,8H2,1-3H3,(H,18,19)/t15-/m0/s1. The van der Waals surface area contributed by atoms with Gasteiger partial charge in [0.1, 0.15) is 6.04 Å². The zero-order valence-corrected chi connectivity index (χ0v) is 12.5. The highest BCUT2D eigenvalue weighted by atomic mass is 16.5. The maximum atomic E-state index is 11.9. The normalized spacial score (nSPS) is 12.1. The number of carbonyl (C=O) groups excluding carboxylic acids is 2. The van der Waals surface area contributed by atoms with Crippen LogP contribution in [0.5, 0.6) is 0 Å². The lowest BCUT2D eigenvalue weighted by molar-refractivity contribution is -0.147. The molecule has 0 unspecified atom stereocenters. The van der Waals surface area contributed by atoms with Crippen molar-refractivity contribution in [3.63, 3.8) is 0 Å². The smallest absolute Gasteiger partial charge is 0.328 e. The zero-order chi connectivity index (χ0) is 15.4. The molecule has 21 heavy (non-hydrogen) atoms. The highest BCUT2D eigenvalue weighted by Crippen LogP contribution is 2.21. The topological polar surface area (TPSA) is 71.2 Å². The average Bonchev–Trinajstić information content (AvgIpc) is 2.80. The van der Waals surface area contributed by atoms with Crippen LogP contribution in [0, 0.1) is 6.92 Å². The minimum absolute atomic E-state index is 0.247. The second-order valence-corrected chi connectivity index (χ2v) is 5.07. The molecule has 1 aromatic carbocycles. The number of aromatic nitrogens is 1. The van der Waals surface area contributed by atoms with E-state index in [1.807, 2.05) is 25.3 Å². The summed E-state index contributed by atoms with van der Waals surface area (Å²) in [6, 6.07) is 5.43. The lowest BCUT2D eigenvalue weighted by atomic mass is 10.0. The summed E-state index contributed by atoms with van der Waals surface area (Å²) in [5, 5.41) is 3.71. The summed E-state index contributed by atoms with van der Waals surface area (Å²) >= 11 is 0. The van der Waals surface area contributed by atoms with Crippen LogP contribution >= 0.6 is 0 Å². The predicted octanol–water partition coefficient (Wildman–Crippen LogP) is 2.09. The van der Waals surface area contributed by atoms with E-state index in [2.05, 4.69) is 16.4 Å². The van der Waals surface area contributed by atoms with Crippen molar-refractivity contribution in [2.75, 3.05) is 6.61 Å². The lowest BCUT2D eigenvalue weighted by Crippen LogP contribution is -2.42. The third kappa shape index (κ3) is 3.62. The molecule has 2 N–H and O–H groups in total. The molecular formula is C16H20N2O3. The van der Waals surface area contributed by atoms with E-state index in [4.69, 9.17) is 4.74 Å². The van der Waals surface area contributed by atoms with Crippen molar-refractivity contribution in [2.24, 2.45) is 0 Å². The fourth-order valence-corrected chi connectivity index (χ4v) is 2.37. The summed E-state index contributed by atoms with van der Waals surface area (Å²) in [4.78, 5) is 26.4. The van der Waals surface area contributed by atoms with E-state index in [0.29, 0.717) is 13.0 Å². The highest BCUT2D eigenvalue weighted by molar-refractivity contribution is 5.87. The number of hydrogen-bond donors (Lipinski definition) is 2. The number of rotatable bonds is 5. The molecule has 1 atom stereocenters. The first-order chi connectivity index (χ1) is 10.0. The number of carbonyl (C=O) groups is 2. The molecule has 0 aliphatic heterocycles.